The van der Waals surface area contributed by atoms with Gasteiger partial charge in [0.2, 0.25) is 0 Å². The van der Waals surface area contributed by atoms with Crippen molar-refractivity contribution >= 4 is 11.6 Å². The van der Waals surface area contributed by atoms with Crippen LogP contribution < -0.4 is 10.2 Å². The smallest absolute Gasteiger partial charge is 0.134 e. The van der Waals surface area contributed by atoms with Gasteiger partial charge in [0.05, 0.1) is 0 Å². The normalized spacial score (nSPS) is 16.4. The molecule has 4 heteroatoms. The lowest BCUT2D eigenvalue weighted by molar-refractivity contribution is 0.612. The van der Waals surface area contributed by atoms with E-state index in [1.165, 1.54) is 25.7 Å². The summed E-state index contributed by atoms with van der Waals surface area (Å²) in [6.45, 7) is 3.21. The third-order valence-corrected chi connectivity index (χ3v) is 3.31. The van der Waals surface area contributed by atoms with Crippen LogP contribution in [0, 0.1) is 0 Å². The molecule has 1 fully saturated rings. The Morgan fingerprint density at radius 2 is 2.12 bits per heavy atom. The van der Waals surface area contributed by atoms with Gasteiger partial charge in [-0.1, -0.05) is 12.8 Å². The van der Waals surface area contributed by atoms with Crippen molar-refractivity contribution < 1.29 is 0 Å². The van der Waals surface area contributed by atoms with Gasteiger partial charge in [0.1, 0.15) is 18.0 Å². The lowest BCUT2D eigenvalue weighted by Gasteiger charge is -2.28. The first-order valence-corrected chi connectivity index (χ1v) is 6.11. The van der Waals surface area contributed by atoms with Crippen molar-refractivity contribution in [3.05, 3.63) is 12.4 Å². The van der Waals surface area contributed by atoms with Gasteiger partial charge >= 0.3 is 0 Å². The van der Waals surface area contributed by atoms with Crippen LogP contribution in [0.4, 0.5) is 11.6 Å². The van der Waals surface area contributed by atoms with Crippen molar-refractivity contribution in [1.29, 1.82) is 0 Å². The molecule has 0 unspecified atom stereocenters. The highest BCUT2D eigenvalue weighted by atomic mass is 15.2. The van der Waals surface area contributed by atoms with Crippen LogP contribution in [-0.4, -0.2) is 29.6 Å². The zero-order chi connectivity index (χ0) is 11.4. The van der Waals surface area contributed by atoms with E-state index >= 15 is 0 Å². The van der Waals surface area contributed by atoms with E-state index in [0.717, 1.165) is 18.2 Å². The first-order valence-electron chi connectivity index (χ1n) is 6.11. The van der Waals surface area contributed by atoms with E-state index in [1.807, 2.05) is 13.1 Å². The Balaban J connectivity index is 2.18. The quantitative estimate of drug-likeness (QED) is 0.845. The molecule has 1 N–H and O–H groups in total. The van der Waals surface area contributed by atoms with Crippen LogP contribution >= 0.6 is 0 Å². The molecule has 0 aliphatic heterocycles. The topological polar surface area (TPSA) is 41.0 Å². The molecule has 1 aromatic heterocycles. The molecule has 1 heterocycles. The van der Waals surface area contributed by atoms with Crippen molar-refractivity contribution in [1.82, 2.24) is 9.97 Å². The number of nitrogens with one attached hydrogen (secondary N) is 1. The highest BCUT2D eigenvalue weighted by Crippen LogP contribution is 2.27. The van der Waals surface area contributed by atoms with Crippen LogP contribution in [0.25, 0.3) is 0 Å². The molecule has 0 bridgehead atoms. The van der Waals surface area contributed by atoms with Crippen molar-refractivity contribution in [2.75, 3.05) is 23.8 Å². The summed E-state index contributed by atoms with van der Waals surface area (Å²) in [7, 11) is 1.89. The van der Waals surface area contributed by atoms with E-state index in [4.69, 9.17) is 0 Å². The average Bonchev–Trinajstić information content (AvgIpc) is 2.84. The van der Waals surface area contributed by atoms with Crippen molar-refractivity contribution in [3.63, 3.8) is 0 Å². The molecule has 4 nitrogen and oxygen atoms in total. The largest absolute Gasteiger partial charge is 0.373 e. The fourth-order valence-corrected chi connectivity index (χ4v) is 2.46. The van der Waals surface area contributed by atoms with E-state index in [-0.39, 0.29) is 0 Å². The van der Waals surface area contributed by atoms with E-state index in [2.05, 4.69) is 27.1 Å². The molecule has 1 aliphatic rings. The monoisotopic (exact) mass is 220 g/mol. The Morgan fingerprint density at radius 1 is 1.38 bits per heavy atom. The zero-order valence-corrected chi connectivity index (χ0v) is 10.1. The molecule has 1 aromatic rings. The van der Waals surface area contributed by atoms with E-state index < -0.39 is 0 Å². The number of hydrogen-bond acceptors (Lipinski definition) is 4. The standard InChI is InChI=1S/C12H20N4/c1-3-16(10-6-4-5-7-10)12-8-11(13-2)14-9-15-12/h8-10H,3-7H2,1-2H3,(H,13,14,15). The Hall–Kier alpha value is -1.32. The van der Waals surface area contributed by atoms with Crippen molar-refractivity contribution in [2.45, 2.75) is 38.6 Å². The molecule has 0 spiro atoms. The summed E-state index contributed by atoms with van der Waals surface area (Å²) in [5, 5.41) is 3.06. The van der Waals surface area contributed by atoms with E-state index in [0.29, 0.717) is 6.04 Å². The van der Waals surface area contributed by atoms with Crippen LogP contribution in [0.5, 0.6) is 0 Å². The Labute approximate surface area is 97.1 Å². The van der Waals surface area contributed by atoms with Crippen molar-refractivity contribution in [3.8, 4) is 0 Å². The predicted molar refractivity (Wildman–Crippen MR) is 66.9 cm³/mol. The van der Waals surface area contributed by atoms with Gasteiger partial charge in [-0.25, -0.2) is 9.97 Å². The lowest BCUT2D eigenvalue weighted by atomic mass is 10.2. The van der Waals surface area contributed by atoms with Gasteiger partial charge < -0.3 is 10.2 Å². The number of hydrogen-bond donors (Lipinski definition) is 1. The minimum absolute atomic E-state index is 0.671. The van der Waals surface area contributed by atoms with E-state index in [1.54, 1.807) is 6.33 Å². The summed E-state index contributed by atoms with van der Waals surface area (Å²) in [4.78, 5) is 10.9. The summed E-state index contributed by atoms with van der Waals surface area (Å²) in [6.07, 6.45) is 6.94. The summed E-state index contributed by atoms with van der Waals surface area (Å²) in [5.41, 5.74) is 0. The fourth-order valence-electron chi connectivity index (χ4n) is 2.46. The van der Waals surface area contributed by atoms with Gasteiger partial charge in [0, 0.05) is 25.7 Å². The summed E-state index contributed by atoms with van der Waals surface area (Å²) in [5.74, 6) is 1.94. The summed E-state index contributed by atoms with van der Waals surface area (Å²) in [6, 6.07) is 2.70. The second-order valence-electron chi connectivity index (χ2n) is 4.24. The van der Waals surface area contributed by atoms with Gasteiger partial charge in [-0.15, -0.1) is 0 Å². The summed E-state index contributed by atoms with van der Waals surface area (Å²) >= 11 is 0. The van der Waals surface area contributed by atoms with Gasteiger partial charge in [-0.05, 0) is 19.8 Å². The minimum atomic E-state index is 0.671. The van der Waals surface area contributed by atoms with Crippen molar-refractivity contribution in [2.24, 2.45) is 0 Å². The lowest BCUT2D eigenvalue weighted by Crippen LogP contribution is -2.33. The number of aromatic nitrogens is 2. The van der Waals surface area contributed by atoms with Gasteiger partial charge in [-0.2, -0.15) is 0 Å². The molecule has 16 heavy (non-hydrogen) atoms. The summed E-state index contributed by atoms with van der Waals surface area (Å²) < 4.78 is 0. The molecule has 1 aliphatic carbocycles. The highest BCUT2D eigenvalue weighted by Gasteiger charge is 2.22. The fraction of sp³-hybridized carbons (Fsp3) is 0.667. The van der Waals surface area contributed by atoms with E-state index in [9.17, 15) is 0 Å². The SMILES string of the molecule is CCN(c1cc(NC)ncn1)C1CCCC1. The third kappa shape index (κ3) is 2.26. The van der Waals surface area contributed by atoms with Crippen LogP contribution in [0.3, 0.4) is 0 Å². The second-order valence-corrected chi connectivity index (χ2v) is 4.24. The highest BCUT2D eigenvalue weighted by molar-refractivity contribution is 5.48. The first-order chi connectivity index (χ1) is 7.85. The molecular weight excluding hydrogens is 200 g/mol. The molecule has 0 aromatic carbocycles. The molecule has 1 saturated carbocycles. The molecular formula is C12H20N4. The van der Waals surface area contributed by atoms with Crippen LogP contribution in [-0.2, 0) is 0 Å². The number of anilines is 2. The van der Waals surface area contributed by atoms with Gasteiger partial charge in [0.15, 0.2) is 0 Å². The Morgan fingerprint density at radius 3 is 2.75 bits per heavy atom. The molecule has 0 amide bonds. The third-order valence-electron chi connectivity index (χ3n) is 3.31. The van der Waals surface area contributed by atoms with Crippen LogP contribution in [0.2, 0.25) is 0 Å². The zero-order valence-electron chi connectivity index (χ0n) is 10.1. The molecule has 2 rings (SSSR count). The maximum Gasteiger partial charge on any atom is 0.134 e. The molecule has 0 atom stereocenters. The van der Waals surface area contributed by atoms with Crippen LogP contribution in [0.15, 0.2) is 12.4 Å². The van der Waals surface area contributed by atoms with Gasteiger partial charge in [-0.3, -0.25) is 0 Å². The molecule has 0 radical (unpaired) electrons. The maximum absolute atomic E-state index is 4.38. The molecule has 88 valence electrons. The number of rotatable bonds is 4. The predicted octanol–water partition coefficient (Wildman–Crippen LogP) is 2.29. The first kappa shape index (κ1) is 11.2. The van der Waals surface area contributed by atoms with Gasteiger partial charge in [0.25, 0.3) is 0 Å². The van der Waals surface area contributed by atoms with Crippen LogP contribution in [0.1, 0.15) is 32.6 Å². The number of nitrogens with zero attached hydrogens (tertiary/aromatic N) is 3. The Bertz CT molecular complexity index is 334. The maximum atomic E-state index is 4.38. The molecule has 0 saturated heterocycles. The minimum Gasteiger partial charge on any atom is -0.373 e. The average molecular weight is 220 g/mol. The Kier molecular flexibility index (Phi) is 3.59. The second kappa shape index (κ2) is 5.14.